The molecule has 13 heavy (non-hydrogen) atoms. The second kappa shape index (κ2) is 3.66. The standard InChI is InChI=1S/C8H7BrN4/c9-7-3-1-6(2-4-7)8-12-10-5-11-13-8/h1-4,10H,5H2. The van der Waals surface area contributed by atoms with Gasteiger partial charge in [-0.3, -0.25) is 5.43 Å². The lowest BCUT2D eigenvalue weighted by Gasteiger charge is -2.04. The van der Waals surface area contributed by atoms with Crippen LogP contribution in [0, 0.1) is 0 Å². The van der Waals surface area contributed by atoms with Gasteiger partial charge in [0.1, 0.15) is 6.67 Å². The van der Waals surface area contributed by atoms with Crippen LogP contribution in [0.5, 0.6) is 0 Å². The van der Waals surface area contributed by atoms with Crippen molar-refractivity contribution in [2.24, 2.45) is 15.3 Å². The van der Waals surface area contributed by atoms with Gasteiger partial charge < -0.3 is 0 Å². The number of nitrogens with one attached hydrogen (secondary N) is 1. The van der Waals surface area contributed by atoms with Gasteiger partial charge in [0.15, 0.2) is 5.84 Å². The Morgan fingerprint density at radius 1 is 1.23 bits per heavy atom. The van der Waals surface area contributed by atoms with Crippen molar-refractivity contribution >= 4 is 21.8 Å². The van der Waals surface area contributed by atoms with Crippen LogP contribution in [-0.4, -0.2) is 12.5 Å². The molecule has 0 amide bonds. The molecule has 5 heteroatoms. The first-order valence-electron chi connectivity index (χ1n) is 3.80. The zero-order valence-electron chi connectivity index (χ0n) is 6.74. The summed E-state index contributed by atoms with van der Waals surface area (Å²) >= 11 is 3.36. The first-order chi connectivity index (χ1) is 6.36. The predicted octanol–water partition coefficient (Wildman–Crippen LogP) is 2.12. The van der Waals surface area contributed by atoms with Gasteiger partial charge in [-0.15, -0.1) is 5.11 Å². The molecule has 1 aromatic rings. The van der Waals surface area contributed by atoms with Gasteiger partial charge in [0.05, 0.1) is 0 Å². The first kappa shape index (κ1) is 8.37. The number of benzene rings is 1. The molecule has 4 nitrogen and oxygen atoms in total. The van der Waals surface area contributed by atoms with Gasteiger partial charge in [0.25, 0.3) is 0 Å². The maximum Gasteiger partial charge on any atom is 0.200 e. The van der Waals surface area contributed by atoms with Crippen molar-refractivity contribution in [3.63, 3.8) is 0 Å². The quantitative estimate of drug-likeness (QED) is 0.801. The first-order valence-corrected chi connectivity index (χ1v) is 4.59. The summed E-state index contributed by atoms with van der Waals surface area (Å²) in [5, 5.41) is 11.8. The van der Waals surface area contributed by atoms with Crippen molar-refractivity contribution in [1.82, 2.24) is 5.43 Å². The van der Waals surface area contributed by atoms with Gasteiger partial charge in [0, 0.05) is 10.0 Å². The predicted molar refractivity (Wildman–Crippen MR) is 53.5 cm³/mol. The summed E-state index contributed by atoms with van der Waals surface area (Å²) in [4.78, 5) is 0. The second-order valence-electron chi connectivity index (χ2n) is 2.50. The Kier molecular flexibility index (Phi) is 2.35. The molecular formula is C8H7BrN4. The molecule has 0 aromatic heterocycles. The van der Waals surface area contributed by atoms with Crippen LogP contribution < -0.4 is 5.43 Å². The van der Waals surface area contributed by atoms with Crippen molar-refractivity contribution in [1.29, 1.82) is 0 Å². The largest absolute Gasteiger partial charge is 0.285 e. The molecule has 0 aliphatic carbocycles. The zero-order chi connectivity index (χ0) is 9.10. The van der Waals surface area contributed by atoms with E-state index in [9.17, 15) is 0 Å². The number of amidine groups is 1. The van der Waals surface area contributed by atoms with Crippen LogP contribution >= 0.6 is 15.9 Å². The van der Waals surface area contributed by atoms with E-state index in [2.05, 4.69) is 36.7 Å². The number of hydrogen-bond donors (Lipinski definition) is 1. The molecule has 1 aliphatic heterocycles. The van der Waals surface area contributed by atoms with Gasteiger partial charge in [0.2, 0.25) is 0 Å². The van der Waals surface area contributed by atoms with E-state index in [0.717, 1.165) is 10.0 Å². The zero-order valence-corrected chi connectivity index (χ0v) is 8.32. The Hall–Kier alpha value is -1.23. The monoisotopic (exact) mass is 238 g/mol. The van der Waals surface area contributed by atoms with Crippen LogP contribution in [-0.2, 0) is 0 Å². The average Bonchev–Trinajstić information content (AvgIpc) is 2.20. The van der Waals surface area contributed by atoms with Crippen LogP contribution in [0.15, 0.2) is 44.1 Å². The molecule has 1 aliphatic rings. The molecule has 0 saturated heterocycles. The minimum absolute atomic E-state index is 0.458. The van der Waals surface area contributed by atoms with E-state index in [4.69, 9.17) is 0 Å². The fraction of sp³-hybridized carbons (Fsp3) is 0.125. The third-order valence-corrected chi connectivity index (χ3v) is 2.12. The van der Waals surface area contributed by atoms with Crippen LogP contribution in [0.4, 0.5) is 0 Å². The van der Waals surface area contributed by atoms with Crippen molar-refractivity contribution in [3.05, 3.63) is 34.3 Å². The molecule has 0 fully saturated rings. The number of azo groups is 1. The summed E-state index contributed by atoms with van der Waals surface area (Å²) in [6, 6.07) is 7.77. The summed E-state index contributed by atoms with van der Waals surface area (Å²) in [5.74, 6) is 0.624. The highest BCUT2D eigenvalue weighted by molar-refractivity contribution is 9.10. The van der Waals surface area contributed by atoms with Gasteiger partial charge >= 0.3 is 0 Å². The molecule has 0 radical (unpaired) electrons. The number of nitrogens with zero attached hydrogens (tertiary/aromatic N) is 3. The molecular weight excluding hydrogens is 232 g/mol. The third kappa shape index (κ3) is 1.92. The Morgan fingerprint density at radius 3 is 2.62 bits per heavy atom. The fourth-order valence-electron chi connectivity index (χ4n) is 0.988. The molecule has 0 spiro atoms. The Morgan fingerprint density at radius 2 is 2.00 bits per heavy atom. The van der Waals surface area contributed by atoms with Gasteiger partial charge in [-0.2, -0.15) is 10.2 Å². The SMILES string of the molecule is Brc1ccc(C2=NNCN=N2)cc1. The lowest BCUT2D eigenvalue weighted by atomic mass is 10.2. The van der Waals surface area contributed by atoms with Gasteiger partial charge in [-0.25, -0.2) is 0 Å². The van der Waals surface area contributed by atoms with Crippen molar-refractivity contribution in [3.8, 4) is 0 Å². The molecule has 66 valence electrons. The lowest BCUT2D eigenvalue weighted by molar-refractivity contribution is 0.709. The molecule has 1 aromatic carbocycles. The van der Waals surface area contributed by atoms with Crippen molar-refractivity contribution in [2.75, 3.05) is 6.67 Å². The van der Waals surface area contributed by atoms with Crippen LogP contribution in [0.25, 0.3) is 0 Å². The number of hydrazone groups is 1. The molecule has 1 N–H and O–H groups in total. The van der Waals surface area contributed by atoms with E-state index >= 15 is 0 Å². The molecule has 2 rings (SSSR count). The summed E-state index contributed by atoms with van der Waals surface area (Å²) in [7, 11) is 0. The molecule has 0 bridgehead atoms. The van der Waals surface area contributed by atoms with Crippen LogP contribution in [0.3, 0.4) is 0 Å². The number of rotatable bonds is 1. The summed E-state index contributed by atoms with van der Waals surface area (Å²) in [6.45, 7) is 0.458. The fourth-order valence-corrected chi connectivity index (χ4v) is 1.25. The summed E-state index contributed by atoms with van der Waals surface area (Å²) in [6.07, 6.45) is 0. The second-order valence-corrected chi connectivity index (χ2v) is 3.42. The maximum absolute atomic E-state index is 4.02. The maximum atomic E-state index is 4.02. The minimum Gasteiger partial charge on any atom is -0.285 e. The Labute approximate surface area is 83.9 Å². The van der Waals surface area contributed by atoms with Gasteiger partial charge in [-0.05, 0) is 24.3 Å². The highest BCUT2D eigenvalue weighted by Crippen LogP contribution is 2.12. The number of halogens is 1. The number of hydrogen-bond acceptors (Lipinski definition) is 4. The van der Waals surface area contributed by atoms with Crippen molar-refractivity contribution in [2.45, 2.75) is 0 Å². The van der Waals surface area contributed by atoms with E-state index in [1.807, 2.05) is 24.3 Å². The minimum atomic E-state index is 0.458. The van der Waals surface area contributed by atoms with Crippen LogP contribution in [0.2, 0.25) is 0 Å². The third-order valence-electron chi connectivity index (χ3n) is 1.59. The van der Waals surface area contributed by atoms with E-state index in [-0.39, 0.29) is 0 Å². The van der Waals surface area contributed by atoms with Crippen LogP contribution in [0.1, 0.15) is 5.56 Å². The Bertz CT molecular complexity index is 355. The van der Waals surface area contributed by atoms with E-state index in [1.165, 1.54) is 0 Å². The lowest BCUT2D eigenvalue weighted by Crippen LogP contribution is -2.14. The molecule has 0 saturated carbocycles. The average molecular weight is 239 g/mol. The highest BCUT2D eigenvalue weighted by Gasteiger charge is 2.04. The van der Waals surface area contributed by atoms with Crippen molar-refractivity contribution < 1.29 is 0 Å². The Balaban J connectivity index is 2.30. The molecule has 0 atom stereocenters. The summed E-state index contributed by atoms with van der Waals surface area (Å²) in [5.41, 5.74) is 3.72. The highest BCUT2D eigenvalue weighted by atomic mass is 79.9. The molecule has 0 unspecified atom stereocenters. The molecule has 1 heterocycles. The summed E-state index contributed by atoms with van der Waals surface area (Å²) < 4.78 is 1.04. The van der Waals surface area contributed by atoms with E-state index in [1.54, 1.807) is 0 Å². The van der Waals surface area contributed by atoms with Gasteiger partial charge in [-0.1, -0.05) is 15.9 Å². The normalized spacial score (nSPS) is 15.0. The smallest absolute Gasteiger partial charge is 0.200 e. The topological polar surface area (TPSA) is 49.1 Å². The van der Waals surface area contributed by atoms with E-state index in [0.29, 0.717) is 12.5 Å². The van der Waals surface area contributed by atoms with E-state index < -0.39 is 0 Å².